The Morgan fingerprint density at radius 1 is 1.29 bits per heavy atom. The maximum absolute atomic E-state index is 12.0. The van der Waals surface area contributed by atoms with Crippen molar-refractivity contribution in [3.8, 4) is 6.07 Å². The third-order valence-electron chi connectivity index (χ3n) is 4.23. The molecule has 1 N–H and O–H groups in total. The van der Waals surface area contributed by atoms with Gasteiger partial charge in [0.05, 0.1) is 18.1 Å². The van der Waals surface area contributed by atoms with E-state index in [1.165, 1.54) is 0 Å². The van der Waals surface area contributed by atoms with Gasteiger partial charge >= 0.3 is 0 Å². The summed E-state index contributed by atoms with van der Waals surface area (Å²) in [6.07, 6.45) is 7.07. The molecule has 2 aliphatic rings. The maximum Gasteiger partial charge on any atom is 0.224 e. The number of nitrogens with one attached hydrogen (secondary N) is 1. The van der Waals surface area contributed by atoms with Crippen LogP contribution in [0.25, 0.3) is 0 Å². The van der Waals surface area contributed by atoms with Crippen molar-refractivity contribution < 1.29 is 9.53 Å². The van der Waals surface area contributed by atoms with E-state index >= 15 is 0 Å². The fourth-order valence-corrected chi connectivity index (χ4v) is 2.87. The Labute approximate surface area is 102 Å². The molecule has 0 saturated heterocycles. The van der Waals surface area contributed by atoms with E-state index in [9.17, 15) is 10.1 Å². The summed E-state index contributed by atoms with van der Waals surface area (Å²) in [4.78, 5) is 12.0. The Bertz CT molecular complexity index is 330. The molecule has 2 saturated carbocycles. The van der Waals surface area contributed by atoms with E-state index in [4.69, 9.17) is 4.74 Å². The first-order chi connectivity index (χ1) is 8.14. The molecule has 4 heteroatoms. The third kappa shape index (κ3) is 2.44. The molecule has 0 aromatic rings. The number of rotatable bonds is 4. The lowest BCUT2D eigenvalue weighted by Crippen LogP contribution is -2.50. The quantitative estimate of drug-likeness (QED) is 0.811. The van der Waals surface area contributed by atoms with Gasteiger partial charge in [-0.25, -0.2) is 0 Å². The van der Waals surface area contributed by atoms with Gasteiger partial charge < -0.3 is 10.1 Å². The Morgan fingerprint density at radius 3 is 2.35 bits per heavy atom. The molecule has 0 radical (unpaired) electrons. The molecule has 1 amide bonds. The van der Waals surface area contributed by atoms with Gasteiger partial charge in [0.25, 0.3) is 0 Å². The average molecular weight is 236 g/mol. The van der Waals surface area contributed by atoms with Crippen molar-refractivity contribution in [2.45, 2.75) is 62.5 Å². The molecule has 0 aromatic carbocycles. The van der Waals surface area contributed by atoms with Crippen LogP contribution in [0.1, 0.15) is 51.4 Å². The fraction of sp³-hybridized carbons (Fsp3) is 0.846. The van der Waals surface area contributed by atoms with Crippen molar-refractivity contribution >= 4 is 5.91 Å². The SMILES string of the molecule is COC1(CC(=O)NC2(C#N)CCCC2)CCC1. The molecule has 0 atom stereocenters. The van der Waals surface area contributed by atoms with Crippen LogP contribution in [0.5, 0.6) is 0 Å². The molecule has 0 bridgehead atoms. The predicted octanol–water partition coefficient (Wildman–Crippen LogP) is 1.90. The summed E-state index contributed by atoms with van der Waals surface area (Å²) < 4.78 is 5.43. The minimum Gasteiger partial charge on any atom is -0.378 e. The zero-order chi connectivity index (χ0) is 12.4. The number of carbonyl (C=O) groups is 1. The van der Waals surface area contributed by atoms with Crippen LogP contribution in [0, 0.1) is 11.3 Å². The Kier molecular flexibility index (Phi) is 3.39. The van der Waals surface area contributed by atoms with E-state index in [2.05, 4.69) is 11.4 Å². The van der Waals surface area contributed by atoms with Crippen LogP contribution in [0.15, 0.2) is 0 Å². The van der Waals surface area contributed by atoms with Crippen LogP contribution in [0.3, 0.4) is 0 Å². The number of hydrogen-bond donors (Lipinski definition) is 1. The number of hydrogen-bond acceptors (Lipinski definition) is 3. The van der Waals surface area contributed by atoms with Gasteiger partial charge in [0, 0.05) is 7.11 Å². The van der Waals surface area contributed by atoms with Gasteiger partial charge in [-0.3, -0.25) is 4.79 Å². The molecule has 94 valence electrons. The van der Waals surface area contributed by atoms with Gasteiger partial charge in [0.2, 0.25) is 5.91 Å². The van der Waals surface area contributed by atoms with E-state index in [0.717, 1.165) is 44.9 Å². The third-order valence-corrected chi connectivity index (χ3v) is 4.23. The minimum atomic E-state index is -0.601. The Morgan fingerprint density at radius 2 is 1.94 bits per heavy atom. The molecule has 0 spiro atoms. The lowest BCUT2D eigenvalue weighted by molar-refractivity contribution is -0.135. The highest BCUT2D eigenvalue weighted by atomic mass is 16.5. The summed E-state index contributed by atoms with van der Waals surface area (Å²) in [6.45, 7) is 0. The molecule has 17 heavy (non-hydrogen) atoms. The molecular weight excluding hydrogens is 216 g/mol. The van der Waals surface area contributed by atoms with Gasteiger partial charge in [0.1, 0.15) is 5.54 Å². The van der Waals surface area contributed by atoms with Crippen molar-refractivity contribution in [3.63, 3.8) is 0 Å². The van der Waals surface area contributed by atoms with E-state index in [1.54, 1.807) is 7.11 Å². The standard InChI is InChI=1S/C13H20N2O2/c1-17-13(7-4-8-13)9-11(16)15-12(10-14)5-2-3-6-12/h2-9H2,1H3,(H,15,16). The first-order valence-electron chi connectivity index (χ1n) is 6.41. The normalized spacial score (nSPS) is 24.7. The zero-order valence-electron chi connectivity index (χ0n) is 10.4. The van der Waals surface area contributed by atoms with Crippen LogP contribution in [0.2, 0.25) is 0 Å². The van der Waals surface area contributed by atoms with Crippen molar-refractivity contribution in [1.29, 1.82) is 5.26 Å². The fourth-order valence-electron chi connectivity index (χ4n) is 2.87. The van der Waals surface area contributed by atoms with Crippen LogP contribution in [0.4, 0.5) is 0 Å². The summed E-state index contributed by atoms with van der Waals surface area (Å²) in [6, 6.07) is 2.28. The van der Waals surface area contributed by atoms with Gasteiger partial charge in [-0.2, -0.15) is 5.26 Å². The van der Waals surface area contributed by atoms with Crippen LogP contribution in [-0.4, -0.2) is 24.2 Å². The second-order valence-corrected chi connectivity index (χ2v) is 5.37. The highest BCUT2D eigenvalue weighted by Gasteiger charge is 2.41. The number of nitriles is 1. The summed E-state index contributed by atoms with van der Waals surface area (Å²) in [5.74, 6) is -0.0324. The van der Waals surface area contributed by atoms with Gasteiger partial charge in [-0.05, 0) is 44.9 Å². The monoisotopic (exact) mass is 236 g/mol. The number of methoxy groups -OCH3 is 1. The van der Waals surface area contributed by atoms with Crippen LogP contribution < -0.4 is 5.32 Å². The summed E-state index contributed by atoms with van der Waals surface area (Å²) in [5.41, 5.74) is -0.852. The van der Waals surface area contributed by atoms with Crippen molar-refractivity contribution in [2.75, 3.05) is 7.11 Å². The molecule has 4 nitrogen and oxygen atoms in total. The summed E-state index contributed by atoms with van der Waals surface area (Å²) in [5, 5.41) is 12.1. The lowest BCUT2D eigenvalue weighted by atomic mass is 9.77. The molecule has 2 rings (SSSR count). The van der Waals surface area contributed by atoms with E-state index in [0.29, 0.717) is 6.42 Å². The van der Waals surface area contributed by atoms with Crippen molar-refractivity contribution in [2.24, 2.45) is 0 Å². The topological polar surface area (TPSA) is 62.1 Å². The smallest absolute Gasteiger partial charge is 0.224 e. The second kappa shape index (κ2) is 4.66. The highest BCUT2D eigenvalue weighted by molar-refractivity contribution is 5.78. The van der Waals surface area contributed by atoms with E-state index in [1.807, 2.05) is 0 Å². The number of nitrogens with zero attached hydrogens (tertiary/aromatic N) is 1. The Balaban J connectivity index is 1.91. The second-order valence-electron chi connectivity index (χ2n) is 5.37. The average Bonchev–Trinajstić information content (AvgIpc) is 2.73. The van der Waals surface area contributed by atoms with Crippen molar-refractivity contribution in [1.82, 2.24) is 5.32 Å². The lowest BCUT2D eigenvalue weighted by Gasteiger charge is -2.40. The first kappa shape index (κ1) is 12.4. The zero-order valence-corrected chi connectivity index (χ0v) is 10.4. The molecule has 2 fully saturated rings. The predicted molar refractivity (Wildman–Crippen MR) is 63.2 cm³/mol. The molecule has 0 heterocycles. The van der Waals surface area contributed by atoms with Crippen LogP contribution >= 0.6 is 0 Å². The molecule has 0 unspecified atom stereocenters. The summed E-state index contributed by atoms with van der Waals surface area (Å²) in [7, 11) is 1.67. The largest absolute Gasteiger partial charge is 0.378 e. The Hall–Kier alpha value is -1.08. The molecule has 0 aliphatic heterocycles. The minimum absolute atomic E-state index is 0.0324. The maximum atomic E-state index is 12.0. The van der Waals surface area contributed by atoms with Crippen molar-refractivity contribution in [3.05, 3.63) is 0 Å². The van der Waals surface area contributed by atoms with E-state index in [-0.39, 0.29) is 11.5 Å². The highest BCUT2D eigenvalue weighted by Crippen LogP contribution is 2.38. The number of ether oxygens (including phenoxy) is 1. The molecule has 2 aliphatic carbocycles. The molecule has 0 aromatic heterocycles. The summed E-state index contributed by atoms with van der Waals surface area (Å²) >= 11 is 0. The molecular formula is C13H20N2O2. The van der Waals surface area contributed by atoms with Gasteiger partial charge in [-0.15, -0.1) is 0 Å². The first-order valence-corrected chi connectivity index (χ1v) is 6.41. The van der Waals surface area contributed by atoms with E-state index < -0.39 is 5.54 Å². The van der Waals surface area contributed by atoms with Gasteiger partial charge in [-0.1, -0.05) is 0 Å². The number of carbonyl (C=O) groups excluding carboxylic acids is 1. The van der Waals surface area contributed by atoms with Gasteiger partial charge in [0.15, 0.2) is 0 Å². The van der Waals surface area contributed by atoms with Crippen LogP contribution in [-0.2, 0) is 9.53 Å². The number of amides is 1.